The normalized spacial score (nSPS) is 10.2. The van der Waals surface area contributed by atoms with Gasteiger partial charge in [-0.1, -0.05) is 45.2 Å². The summed E-state index contributed by atoms with van der Waals surface area (Å²) in [6, 6.07) is 11.6. The zero-order valence-electron chi connectivity index (χ0n) is 13.9. The molecular weight excluding hydrogens is 459 g/mol. The van der Waals surface area contributed by atoms with Gasteiger partial charge < -0.3 is 15.4 Å². The van der Waals surface area contributed by atoms with Gasteiger partial charge in [-0.15, -0.1) is 0 Å². The van der Waals surface area contributed by atoms with Crippen molar-refractivity contribution in [2.45, 2.75) is 6.61 Å². The number of hydrogen-bond acceptors (Lipinski definition) is 4. The van der Waals surface area contributed by atoms with Crippen molar-refractivity contribution < 1.29 is 19.1 Å². The highest BCUT2D eigenvalue weighted by molar-refractivity contribution is 9.10. The molecule has 9 heteroatoms. The van der Waals surface area contributed by atoms with Crippen molar-refractivity contribution >= 4 is 56.9 Å². The number of rotatable bonds is 7. The lowest BCUT2D eigenvalue weighted by Crippen LogP contribution is -2.39. The zero-order chi connectivity index (χ0) is 19.8. The molecule has 0 aliphatic rings. The molecule has 0 saturated heterocycles. The lowest BCUT2D eigenvalue weighted by atomic mass is 10.2. The first-order valence-electron chi connectivity index (χ1n) is 7.75. The number of amides is 2. The summed E-state index contributed by atoms with van der Waals surface area (Å²) in [5, 5.41) is 5.61. The van der Waals surface area contributed by atoms with Crippen LogP contribution in [0.15, 0.2) is 46.9 Å². The standard InChI is InChI=1S/C18H15BrCl2N2O4/c19-13-4-2-12(3-5-13)18(26)23-8-16(24)22-9-17(25)27-10-11-1-6-14(20)15(21)7-11/h1-7H,8-10H2,(H,22,24)(H,23,26). The largest absolute Gasteiger partial charge is 0.460 e. The minimum absolute atomic E-state index is 0.00585. The Morgan fingerprint density at radius 2 is 1.63 bits per heavy atom. The van der Waals surface area contributed by atoms with Crippen molar-refractivity contribution in [3.63, 3.8) is 0 Å². The highest BCUT2D eigenvalue weighted by atomic mass is 79.9. The Labute approximate surface area is 174 Å². The van der Waals surface area contributed by atoms with Crippen LogP contribution in [0, 0.1) is 0 Å². The number of ether oxygens (including phenoxy) is 1. The topological polar surface area (TPSA) is 84.5 Å². The Morgan fingerprint density at radius 3 is 2.30 bits per heavy atom. The van der Waals surface area contributed by atoms with Crippen LogP contribution in [0.4, 0.5) is 0 Å². The smallest absolute Gasteiger partial charge is 0.325 e. The van der Waals surface area contributed by atoms with Gasteiger partial charge in [0.1, 0.15) is 13.2 Å². The second-order valence-corrected chi connectivity index (χ2v) is 7.11. The van der Waals surface area contributed by atoms with Crippen LogP contribution in [0.1, 0.15) is 15.9 Å². The average Bonchev–Trinajstić information content (AvgIpc) is 2.66. The molecule has 0 unspecified atom stereocenters. The first-order chi connectivity index (χ1) is 12.8. The summed E-state index contributed by atoms with van der Waals surface area (Å²) in [5.74, 6) is -1.51. The maximum Gasteiger partial charge on any atom is 0.325 e. The molecule has 2 rings (SSSR count). The van der Waals surface area contributed by atoms with E-state index in [1.807, 2.05) is 0 Å². The van der Waals surface area contributed by atoms with Crippen LogP contribution in [-0.2, 0) is 20.9 Å². The molecule has 0 heterocycles. The summed E-state index contributed by atoms with van der Waals surface area (Å²) >= 11 is 15.0. The van der Waals surface area contributed by atoms with Crippen LogP contribution in [0.5, 0.6) is 0 Å². The van der Waals surface area contributed by atoms with Gasteiger partial charge in [0.15, 0.2) is 0 Å². The highest BCUT2D eigenvalue weighted by Crippen LogP contribution is 2.22. The zero-order valence-corrected chi connectivity index (χ0v) is 17.0. The fourth-order valence-corrected chi connectivity index (χ4v) is 2.53. The number of carbonyl (C=O) groups excluding carboxylic acids is 3. The maximum atomic E-state index is 11.9. The molecule has 27 heavy (non-hydrogen) atoms. The maximum absolute atomic E-state index is 11.9. The fourth-order valence-electron chi connectivity index (χ4n) is 1.94. The summed E-state index contributed by atoms with van der Waals surface area (Å²) in [6.45, 7) is -0.560. The predicted molar refractivity (Wildman–Crippen MR) is 106 cm³/mol. The summed E-state index contributed by atoms with van der Waals surface area (Å²) in [7, 11) is 0. The number of esters is 1. The van der Waals surface area contributed by atoms with Crippen molar-refractivity contribution in [3.8, 4) is 0 Å². The lowest BCUT2D eigenvalue weighted by Gasteiger charge is -2.08. The first kappa shape index (κ1) is 21.2. The van der Waals surface area contributed by atoms with Crippen LogP contribution in [0.25, 0.3) is 0 Å². The Balaban J connectivity index is 1.68. The molecule has 2 amide bonds. The number of hydrogen-bond donors (Lipinski definition) is 2. The van der Waals surface area contributed by atoms with Crippen LogP contribution in [0.2, 0.25) is 10.0 Å². The Hall–Kier alpha value is -2.09. The molecule has 0 spiro atoms. The molecule has 142 valence electrons. The molecule has 0 aliphatic carbocycles. The molecule has 0 saturated carbocycles. The van der Waals surface area contributed by atoms with Gasteiger partial charge >= 0.3 is 5.97 Å². The molecule has 0 atom stereocenters. The van der Waals surface area contributed by atoms with Gasteiger partial charge in [0, 0.05) is 10.0 Å². The van der Waals surface area contributed by atoms with Gasteiger partial charge in [0.2, 0.25) is 5.91 Å². The number of halogens is 3. The van der Waals surface area contributed by atoms with E-state index in [1.165, 1.54) is 0 Å². The van der Waals surface area contributed by atoms with Crippen molar-refractivity contribution in [1.82, 2.24) is 10.6 Å². The third kappa shape index (κ3) is 7.21. The monoisotopic (exact) mass is 472 g/mol. The van der Waals surface area contributed by atoms with Gasteiger partial charge in [0.25, 0.3) is 5.91 Å². The second-order valence-electron chi connectivity index (χ2n) is 5.38. The molecular formula is C18H15BrCl2N2O4. The van der Waals surface area contributed by atoms with E-state index in [0.29, 0.717) is 21.2 Å². The van der Waals surface area contributed by atoms with Gasteiger partial charge in [-0.25, -0.2) is 0 Å². The van der Waals surface area contributed by atoms with Crippen molar-refractivity contribution in [1.29, 1.82) is 0 Å². The molecule has 2 N–H and O–H groups in total. The number of nitrogens with one attached hydrogen (secondary N) is 2. The van der Waals surface area contributed by atoms with E-state index in [2.05, 4.69) is 26.6 Å². The van der Waals surface area contributed by atoms with E-state index >= 15 is 0 Å². The van der Waals surface area contributed by atoms with Crippen molar-refractivity contribution in [2.75, 3.05) is 13.1 Å². The van der Waals surface area contributed by atoms with Crippen LogP contribution in [-0.4, -0.2) is 30.9 Å². The van der Waals surface area contributed by atoms with Gasteiger partial charge in [0.05, 0.1) is 16.6 Å². The van der Waals surface area contributed by atoms with E-state index in [-0.39, 0.29) is 25.6 Å². The molecule has 6 nitrogen and oxygen atoms in total. The number of benzene rings is 2. The van der Waals surface area contributed by atoms with Crippen LogP contribution >= 0.6 is 39.1 Å². The SMILES string of the molecule is O=C(CNC(=O)c1ccc(Br)cc1)NCC(=O)OCc1ccc(Cl)c(Cl)c1. The molecule has 0 aromatic heterocycles. The summed E-state index contributed by atoms with van der Waals surface area (Å²) < 4.78 is 5.88. The summed E-state index contributed by atoms with van der Waals surface area (Å²) in [4.78, 5) is 35.3. The molecule has 0 bridgehead atoms. The molecule has 0 aliphatic heterocycles. The molecule has 0 fully saturated rings. The Bertz CT molecular complexity index is 844. The lowest BCUT2D eigenvalue weighted by molar-refractivity contribution is -0.145. The highest BCUT2D eigenvalue weighted by Gasteiger charge is 2.10. The minimum Gasteiger partial charge on any atom is -0.460 e. The third-order valence-corrected chi connectivity index (χ3v) is 4.60. The third-order valence-electron chi connectivity index (χ3n) is 3.33. The predicted octanol–water partition coefficient (Wildman–Crippen LogP) is 3.35. The minimum atomic E-state index is -0.617. The van der Waals surface area contributed by atoms with Gasteiger partial charge in [-0.3, -0.25) is 14.4 Å². The van der Waals surface area contributed by atoms with E-state index in [1.54, 1.807) is 42.5 Å². The first-order valence-corrected chi connectivity index (χ1v) is 9.30. The van der Waals surface area contributed by atoms with Gasteiger partial charge in [-0.05, 0) is 42.0 Å². The molecule has 0 radical (unpaired) electrons. The van der Waals surface area contributed by atoms with Crippen molar-refractivity contribution in [3.05, 3.63) is 68.1 Å². The summed E-state index contributed by atoms with van der Waals surface area (Å²) in [6.07, 6.45) is 0. The van der Waals surface area contributed by atoms with Gasteiger partial charge in [-0.2, -0.15) is 0 Å². The second kappa shape index (κ2) is 10.3. The Morgan fingerprint density at radius 1 is 0.926 bits per heavy atom. The van der Waals surface area contributed by atoms with Crippen LogP contribution in [0.3, 0.4) is 0 Å². The van der Waals surface area contributed by atoms with E-state index in [0.717, 1.165) is 4.47 Å². The Kier molecular flexibility index (Phi) is 8.09. The van der Waals surface area contributed by atoms with E-state index < -0.39 is 11.9 Å². The van der Waals surface area contributed by atoms with E-state index in [4.69, 9.17) is 27.9 Å². The van der Waals surface area contributed by atoms with Crippen LogP contribution < -0.4 is 10.6 Å². The fraction of sp³-hybridized carbons (Fsp3) is 0.167. The van der Waals surface area contributed by atoms with E-state index in [9.17, 15) is 14.4 Å². The average molecular weight is 474 g/mol. The molecule has 2 aromatic carbocycles. The van der Waals surface area contributed by atoms with Crippen molar-refractivity contribution in [2.24, 2.45) is 0 Å². The molecule has 2 aromatic rings. The number of carbonyl (C=O) groups is 3. The summed E-state index contributed by atoms with van der Waals surface area (Å²) in [5.41, 5.74) is 1.10. The quantitative estimate of drug-likeness (QED) is 0.604.